The normalized spacial score (nSPS) is 11.2. The van der Waals surface area contributed by atoms with Crippen LogP contribution in [0.1, 0.15) is 10.4 Å². The summed E-state index contributed by atoms with van der Waals surface area (Å²) in [6.45, 7) is -1.18. The number of carbonyl (C=O) groups excluding carboxylic acids is 1. The van der Waals surface area contributed by atoms with Gasteiger partial charge in [-0.3, -0.25) is 4.79 Å². The van der Waals surface area contributed by atoms with E-state index in [4.69, 9.17) is 0 Å². The van der Waals surface area contributed by atoms with Crippen molar-refractivity contribution in [3.05, 3.63) is 29.8 Å². The zero-order valence-corrected chi connectivity index (χ0v) is 11.3. The molecule has 1 rings (SSSR count). The van der Waals surface area contributed by atoms with Crippen molar-refractivity contribution in [2.75, 3.05) is 39.2 Å². The quantitative estimate of drug-likeness (QED) is 0.818. The molecule has 4 nitrogen and oxygen atoms in total. The highest BCUT2D eigenvalue weighted by Gasteiger charge is 2.27. The summed E-state index contributed by atoms with van der Waals surface area (Å²) in [5, 5.41) is 2.90. The van der Waals surface area contributed by atoms with Gasteiger partial charge in [0.2, 0.25) is 0 Å². The Hall–Kier alpha value is -1.76. The van der Waals surface area contributed by atoms with Crippen molar-refractivity contribution in [2.45, 2.75) is 6.18 Å². The van der Waals surface area contributed by atoms with Crippen LogP contribution in [-0.2, 0) is 4.74 Å². The summed E-state index contributed by atoms with van der Waals surface area (Å²) >= 11 is 0. The minimum absolute atomic E-state index is 0.0933. The molecule has 0 aromatic heterocycles. The van der Waals surface area contributed by atoms with Crippen molar-refractivity contribution in [1.82, 2.24) is 4.90 Å². The van der Waals surface area contributed by atoms with Gasteiger partial charge in [0.05, 0.1) is 12.2 Å². The first-order valence-electron chi connectivity index (χ1n) is 6.00. The number of hydrogen-bond donors (Lipinski definition) is 1. The lowest BCUT2D eigenvalue weighted by Gasteiger charge is -2.15. The van der Waals surface area contributed by atoms with Crippen LogP contribution in [0.3, 0.4) is 0 Å². The smallest absolute Gasteiger partial charge is 0.382 e. The van der Waals surface area contributed by atoms with Crippen LogP contribution in [0.2, 0.25) is 0 Å². The number of hydrogen-bond acceptors (Lipinski definition) is 3. The van der Waals surface area contributed by atoms with Gasteiger partial charge < -0.3 is 15.0 Å². The second-order valence-electron chi connectivity index (χ2n) is 4.34. The van der Waals surface area contributed by atoms with Crippen LogP contribution in [0.25, 0.3) is 0 Å². The molecule has 1 aromatic rings. The average molecular weight is 290 g/mol. The van der Waals surface area contributed by atoms with Crippen LogP contribution in [0, 0.1) is 0 Å². The number of ether oxygens (including phenoxy) is 1. The van der Waals surface area contributed by atoms with Crippen LogP contribution in [-0.4, -0.2) is 50.8 Å². The predicted octanol–water partition coefficient (Wildman–Crippen LogP) is 2.38. The molecule has 1 amide bonds. The lowest BCUT2D eigenvalue weighted by atomic mass is 10.1. The molecule has 0 spiro atoms. The Morgan fingerprint density at radius 1 is 1.30 bits per heavy atom. The lowest BCUT2D eigenvalue weighted by molar-refractivity contribution is -0.172. The number of amides is 1. The van der Waals surface area contributed by atoms with E-state index >= 15 is 0 Å². The SMILES string of the molecule is CN(C)C(=O)c1ccccc1NCCOCC(F)(F)F. The first-order chi connectivity index (χ1) is 9.31. The van der Waals surface area contributed by atoms with E-state index in [1.165, 1.54) is 4.90 Å². The Morgan fingerprint density at radius 3 is 2.55 bits per heavy atom. The summed E-state index contributed by atoms with van der Waals surface area (Å²) in [6.07, 6.45) is -4.32. The number of rotatable bonds is 6. The first kappa shape index (κ1) is 16.3. The number of carbonyl (C=O) groups is 1. The number of para-hydroxylation sites is 1. The van der Waals surface area contributed by atoms with Crippen molar-refractivity contribution >= 4 is 11.6 Å². The summed E-state index contributed by atoms with van der Waals surface area (Å²) < 4.78 is 40.1. The molecular formula is C13H17F3N2O2. The molecule has 0 radical (unpaired) electrons. The maximum Gasteiger partial charge on any atom is 0.411 e. The molecule has 0 bridgehead atoms. The molecule has 0 saturated carbocycles. The molecule has 112 valence electrons. The van der Waals surface area contributed by atoms with Crippen molar-refractivity contribution in [2.24, 2.45) is 0 Å². The van der Waals surface area contributed by atoms with E-state index in [1.807, 2.05) is 0 Å². The third-order valence-corrected chi connectivity index (χ3v) is 2.39. The van der Waals surface area contributed by atoms with Crippen LogP contribution >= 0.6 is 0 Å². The van der Waals surface area contributed by atoms with Crippen molar-refractivity contribution < 1.29 is 22.7 Å². The highest BCUT2D eigenvalue weighted by molar-refractivity contribution is 5.99. The topological polar surface area (TPSA) is 41.6 Å². The Balaban J connectivity index is 2.50. The van der Waals surface area contributed by atoms with Gasteiger partial charge >= 0.3 is 6.18 Å². The zero-order valence-electron chi connectivity index (χ0n) is 11.3. The molecule has 7 heteroatoms. The van der Waals surface area contributed by atoms with E-state index in [9.17, 15) is 18.0 Å². The van der Waals surface area contributed by atoms with Gasteiger partial charge in [-0.2, -0.15) is 13.2 Å². The van der Waals surface area contributed by atoms with Crippen LogP contribution in [0.15, 0.2) is 24.3 Å². The molecule has 0 heterocycles. The van der Waals surface area contributed by atoms with Gasteiger partial charge in [0, 0.05) is 26.3 Å². The maximum atomic E-state index is 11.9. The van der Waals surface area contributed by atoms with Crippen molar-refractivity contribution in [3.8, 4) is 0 Å². The molecule has 0 atom stereocenters. The summed E-state index contributed by atoms with van der Waals surface area (Å²) in [5.74, 6) is -0.177. The molecule has 20 heavy (non-hydrogen) atoms. The molecule has 0 unspecified atom stereocenters. The molecule has 0 aliphatic carbocycles. The molecule has 0 aliphatic rings. The van der Waals surface area contributed by atoms with Crippen LogP contribution < -0.4 is 5.32 Å². The second-order valence-corrected chi connectivity index (χ2v) is 4.34. The average Bonchev–Trinajstić information content (AvgIpc) is 2.36. The number of anilines is 1. The number of nitrogens with zero attached hydrogens (tertiary/aromatic N) is 1. The fraction of sp³-hybridized carbons (Fsp3) is 0.462. The Morgan fingerprint density at radius 2 is 1.95 bits per heavy atom. The Kier molecular flexibility index (Phi) is 5.82. The number of alkyl halides is 3. The first-order valence-corrected chi connectivity index (χ1v) is 6.00. The molecular weight excluding hydrogens is 273 g/mol. The van der Waals surface area contributed by atoms with Gasteiger partial charge in [-0.25, -0.2) is 0 Å². The van der Waals surface area contributed by atoms with Crippen LogP contribution in [0.5, 0.6) is 0 Å². The molecule has 1 N–H and O–H groups in total. The summed E-state index contributed by atoms with van der Waals surface area (Å²) in [7, 11) is 3.26. The zero-order chi connectivity index (χ0) is 15.2. The number of halogens is 3. The standard InChI is InChI=1S/C13H17F3N2O2/c1-18(2)12(19)10-5-3-4-6-11(10)17-7-8-20-9-13(14,15)16/h3-6,17H,7-9H2,1-2H3. The number of nitrogens with one attached hydrogen (secondary N) is 1. The highest BCUT2D eigenvalue weighted by atomic mass is 19.4. The van der Waals surface area contributed by atoms with Gasteiger partial charge in [-0.1, -0.05) is 12.1 Å². The number of benzene rings is 1. The maximum absolute atomic E-state index is 11.9. The monoisotopic (exact) mass is 290 g/mol. The molecule has 1 aromatic carbocycles. The Bertz CT molecular complexity index is 447. The van der Waals surface area contributed by atoms with E-state index in [0.29, 0.717) is 11.3 Å². The predicted molar refractivity (Wildman–Crippen MR) is 69.8 cm³/mol. The van der Waals surface area contributed by atoms with Crippen molar-refractivity contribution in [1.29, 1.82) is 0 Å². The lowest BCUT2D eigenvalue weighted by Crippen LogP contribution is -2.24. The molecule has 0 fully saturated rings. The van der Waals surface area contributed by atoms with E-state index in [-0.39, 0.29) is 19.1 Å². The minimum Gasteiger partial charge on any atom is -0.382 e. The van der Waals surface area contributed by atoms with Gasteiger partial charge in [-0.05, 0) is 12.1 Å². The van der Waals surface area contributed by atoms with Gasteiger partial charge in [0.25, 0.3) is 5.91 Å². The summed E-state index contributed by atoms with van der Waals surface area (Å²) in [5.41, 5.74) is 1.04. The van der Waals surface area contributed by atoms with E-state index in [0.717, 1.165) is 0 Å². The summed E-state index contributed by atoms with van der Waals surface area (Å²) in [4.78, 5) is 13.3. The second kappa shape index (κ2) is 7.14. The van der Waals surface area contributed by atoms with Gasteiger partial charge in [-0.15, -0.1) is 0 Å². The fourth-order valence-electron chi connectivity index (χ4n) is 1.51. The summed E-state index contributed by atoms with van der Waals surface area (Å²) in [6, 6.07) is 6.81. The highest BCUT2D eigenvalue weighted by Crippen LogP contribution is 2.17. The minimum atomic E-state index is -4.32. The third-order valence-electron chi connectivity index (χ3n) is 2.39. The van der Waals surface area contributed by atoms with Gasteiger partial charge in [0.1, 0.15) is 6.61 Å². The third kappa shape index (κ3) is 5.48. The molecule has 0 aliphatic heterocycles. The van der Waals surface area contributed by atoms with E-state index in [2.05, 4.69) is 10.1 Å². The Labute approximate surface area is 115 Å². The van der Waals surface area contributed by atoms with E-state index < -0.39 is 12.8 Å². The van der Waals surface area contributed by atoms with E-state index in [1.54, 1.807) is 38.4 Å². The largest absolute Gasteiger partial charge is 0.411 e. The van der Waals surface area contributed by atoms with Crippen LogP contribution in [0.4, 0.5) is 18.9 Å². The van der Waals surface area contributed by atoms with Crippen molar-refractivity contribution in [3.63, 3.8) is 0 Å². The molecule has 0 saturated heterocycles. The van der Waals surface area contributed by atoms with Gasteiger partial charge in [0.15, 0.2) is 0 Å². The fourth-order valence-corrected chi connectivity index (χ4v) is 1.51.